The van der Waals surface area contributed by atoms with Gasteiger partial charge in [0.1, 0.15) is 5.78 Å². The highest BCUT2D eigenvalue weighted by molar-refractivity contribution is 7.90. The summed E-state index contributed by atoms with van der Waals surface area (Å²) in [5, 5.41) is 5.66. The molecule has 2 saturated carbocycles. The van der Waals surface area contributed by atoms with Gasteiger partial charge in [0.25, 0.3) is 20.0 Å². The van der Waals surface area contributed by atoms with Crippen molar-refractivity contribution < 1.29 is 21.6 Å². The van der Waals surface area contributed by atoms with Gasteiger partial charge in [0.15, 0.2) is 0 Å². The maximum Gasteiger partial charge on any atom is 0.268 e. The topological polar surface area (TPSA) is 133 Å². The van der Waals surface area contributed by atoms with Crippen LogP contribution in [-0.2, 0) is 50.5 Å². The molecule has 9 nitrogen and oxygen atoms in total. The van der Waals surface area contributed by atoms with Gasteiger partial charge in [-0.3, -0.25) is 4.79 Å². The second-order valence-electron chi connectivity index (χ2n) is 16.3. The van der Waals surface area contributed by atoms with Gasteiger partial charge in [-0.1, -0.05) is 47.5 Å². The zero-order valence-corrected chi connectivity index (χ0v) is 34.4. The number of rotatable bonds is 8. The lowest BCUT2D eigenvalue weighted by molar-refractivity contribution is -0.118. The van der Waals surface area contributed by atoms with Gasteiger partial charge >= 0.3 is 0 Å². The summed E-state index contributed by atoms with van der Waals surface area (Å²) >= 11 is 0. The monoisotopic (exact) mass is 804 g/mol. The van der Waals surface area contributed by atoms with E-state index in [-0.39, 0.29) is 10.7 Å². The molecule has 57 heavy (non-hydrogen) atoms. The number of benzene rings is 4. The standard InChI is InChI=1S/C23H26N2O2S.C19H17NO3S.C4H9N/c1-16-2-9-20(10-3-16)28(26,27)25-13-12-21-22-14-19(24-15-17-4-5-17)8-6-18(22)7-11-23(21)25;1-13-2-7-16(8-3-13)24(22,23)20-11-10-17-18-12-15(21)6-4-14(18)5-9-19(17)20;5-3-4-1-2-4/h2-3,7,9-13,17,19,24H,4-6,8,14-15H2,1H3;2-3,5,7-11H,4,6,12H2,1H3;4H,1-3,5H2. The molecule has 0 spiro atoms. The van der Waals surface area contributed by atoms with Crippen molar-refractivity contribution in [3.8, 4) is 0 Å². The van der Waals surface area contributed by atoms with Crippen molar-refractivity contribution in [2.45, 2.75) is 93.9 Å². The van der Waals surface area contributed by atoms with E-state index in [0.29, 0.717) is 29.3 Å². The van der Waals surface area contributed by atoms with Crippen molar-refractivity contribution in [1.29, 1.82) is 0 Å². The zero-order valence-electron chi connectivity index (χ0n) is 32.8. The van der Waals surface area contributed by atoms with Gasteiger partial charge in [0.05, 0.1) is 20.8 Å². The second-order valence-corrected chi connectivity index (χ2v) is 19.9. The minimum atomic E-state index is -3.65. The molecular formula is C46H52N4O5S2. The van der Waals surface area contributed by atoms with Crippen LogP contribution in [0.1, 0.15) is 71.9 Å². The Kier molecular flexibility index (Phi) is 11.0. The van der Waals surface area contributed by atoms with E-state index in [1.165, 1.54) is 44.8 Å². The fourth-order valence-corrected chi connectivity index (χ4v) is 10.7. The Morgan fingerprint density at radius 2 is 1.12 bits per heavy atom. The molecule has 2 heterocycles. The molecule has 4 aliphatic rings. The first-order chi connectivity index (χ1) is 27.4. The fraction of sp³-hybridized carbons (Fsp3) is 0.370. The van der Waals surface area contributed by atoms with Gasteiger partial charge in [-0.2, -0.15) is 0 Å². The third kappa shape index (κ3) is 8.39. The number of Topliss-reactive ketones (excluding diaryl/α,β-unsaturated/α-hetero) is 1. The van der Waals surface area contributed by atoms with Crippen LogP contribution >= 0.6 is 0 Å². The summed E-state index contributed by atoms with van der Waals surface area (Å²) in [4.78, 5) is 12.4. The van der Waals surface area contributed by atoms with Crippen molar-refractivity contribution in [1.82, 2.24) is 13.3 Å². The summed E-state index contributed by atoms with van der Waals surface area (Å²) in [6.07, 6.45) is 13.7. The van der Waals surface area contributed by atoms with Crippen molar-refractivity contribution in [3.05, 3.63) is 131 Å². The van der Waals surface area contributed by atoms with Gasteiger partial charge in [-0.25, -0.2) is 24.8 Å². The lowest BCUT2D eigenvalue weighted by Gasteiger charge is -2.26. The quantitative estimate of drug-likeness (QED) is 0.162. The van der Waals surface area contributed by atoms with E-state index in [2.05, 4.69) is 11.4 Å². The van der Waals surface area contributed by atoms with Gasteiger partial charge < -0.3 is 11.1 Å². The molecule has 3 N–H and O–H groups in total. The Morgan fingerprint density at radius 3 is 1.61 bits per heavy atom. The first-order valence-corrected chi connectivity index (χ1v) is 23.1. The minimum Gasteiger partial charge on any atom is -0.330 e. The van der Waals surface area contributed by atoms with E-state index in [1.54, 1.807) is 54.9 Å². The average Bonchev–Trinajstić information content (AvgIpc) is 4.14. The van der Waals surface area contributed by atoms with Crippen molar-refractivity contribution >= 4 is 47.6 Å². The van der Waals surface area contributed by atoms with Crippen LogP contribution in [0.3, 0.4) is 0 Å². The van der Waals surface area contributed by atoms with E-state index in [4.69, 9.17) is 5.73 Å². The number of hydrogen-bond donors (Lipinski definition) is 2. The summed E-state index contributed by atoms with van der Waals surface area (Å²) in [7, 11) is -7.24. The first kappa shape index (κ1) is 39.3. The average molecular weight is 805 g/mol. The van der Waals surface area contributed by atoms with Crippen LogP contribution in [0.2, 0.25) is 0 Å². The number of nitrogens with two attached hydrogens (primary N) is 1. The normalized spacial score (nSPS) is 17.9. The number of aryl methyl sites for hydroxylation is 4. The van der Waals surface area contributed by atoms with E-state index in [0.717, 1.165) is 89.2 Å². The van der Waals surface area contributed by atoms with Crippen LogP contribution in [0.5, 0.6) is 0 Å². The number of hydrogen-bond acceptors (Lipinski definition) is 7. The molecule has 4 aliphatic carbocycles. The molecule has 1 atom stereocenters. The van der Waals surface area contributed by atoms with Gasteiger partial charge in [0.2, 0.25) is 0 Å². The Bertz CT molecular complexity index is 2650. The summed E-state index contributed by atoms with van der Waals surface area (Å²) in [6, 6.07) is 26.0. The van der Waals surface area contributed by atoms with E-state index >= 15 is 0 Å². The fourth-order valence-electron chi connectivity index (χ4n) is 8.00. The summed E-state index contributed by atoms with van der Waals surface area (Å²) in [5.41, 5.74) is 13.5. The Hall–Kier alpha value is -4.55. The van der Waals surface area contributed by atoms with Crippen molar-refractivity contribution in [2.24, 2.45) is 17.6 Å². The number of carbonyl (C=O) groups excluding carboxylic acids is 1. The molecule has 2 aromatic heterocycles. The van der Waals surface area contributed by atoms with Crippen LogP contribution in [-0.4, -0.2) is 49.7 Å². The molecule has 2 fully saturated rings. The molecule has 0 radical (unpaired) electrons. The van der Waals surface area contributed by atoms with Crippen LogP contribution in [0.25, 0.3) is 21.8 Å². The molecule has 11 heteroatoms. The largest absolute Gasteiger partial charge is 0.330 e. The molecule has 1 unspecified atom stereocenters. The third-order valence-electron chi connectivity index (χ3n) is 11.9. The molecule has 0 bridgehead atoms. The maximum atomic E-state index is 13.2. The molecule has 6 aromatic rings. The maximum absolute atomic E-state index is 13.2. The molecule has 4 aromatic carbocycles. The predicted octanol–water partition coefficient (Wildman–Crippen LogP) is 7.64. The van der Waals surface area contributed by atoms with E-state index in [1.807, 2.05) is 50.2 Å². The van der Waals surface area contributed by atoms with Gasteiger partial charge in [-0.05, 0) is 161 Å². The lowest BCUT2D eigenvalue weighted by atomic mass is 9.86. The third-order valence-corrected chi connectivity index (χ3v) is 15.3. The number of ketones is 1. The number of carbonyl (C=O) groups is 1. The van der Waals surface area contributed by atoms with Gasteiger partial charge in [0, 0.05) is 42.0 Å². The highest BCUT2D eigenvalue weighted by atomic mass is 32.2. The first-order valence-electron chi connectivity index (χ1n) is 20.3. The molecule has 10 rings (SSSR count). The molecule has 0 amide bonds. The van der Waals surface area contributed by atoms with Gasteiger partial charge in [-0.15, -0.1) is 0 Å². The number of aromatic nitrogens is 2. The smallest absolute Gasteiger partial charge is 0.268 e. The Morgan fingerprint density at radius 1 is 0.614 bits per heavy atom. The number of fused-ring (bicyclic) bond motifs is 6. The van der Waals surface area contributed by atoms with Crippen molar-refractivity contribution in [3.63, 3.8) is 0 Å². The van der Waals surface area contributed by atoms with Crippen LogP contribution in [0.15, 0.2) is 107 Å². The molecule has 0 aliphatic heterocycles. The second kappa shape index (κ2) is 16.0. The van der Waals surface area contributed by atoms with Crippen LogP contribution in [0.4, 0.5) is 0 Å². The Labute approximate surface area is 336 Å². The SMILES string of the molecule is Cc1ccc(S(=O)(=O)n2ccc3c4c(ccc32)CCC(=O)C4)cc1.Cc1ccc(S(=O)(=O)n2ccc3c4c(ccc32)CCC(NCC2CC2)C4)cc1.NCC1CC1. The summed E-state index contributed by atoms with van der Waals surface area (Å²) < 4.78 is 55.0. The zero-order chi connectivity index (χ0) is 39.9. The predicted molar refractivity (Wildman–Crippen MR) is 227 cm³/mol. The van der Waals surface area contributed by atoms with Crippen LogP contribution < -0.4 is 11.1 Å². The van der Waals surface area contributed by atoms with E-state index in [9.17, 15) is 21.6 Å². The Balaban J connectivity index is 0.000000143. The van der Waals surface area contributed by atoms with Crippen molar-refractivity contribution in [2.75, 3.05) is 13.1 Å². The summed E-state index contributed by atoms with van der Waals surface area (Å²) in [6.45, 7) is 5.92. The highest BCUT2D eigenvalue weighted by Gasteiger charge is 2.27. The lowest BCUT2D eigenvalue weighted by Crippen LogP contribution is -2.35. The number of nitrogens with zero attached hydrogens (tertiary/aromatic N) is 2. The molecule has 298 valence electrons. The van der Waals surface area contributed by atoms with Crippen LogP contribution in [0, 0.1) is 25.7 Å². The van der Waals surface area contributed by atoms with E-state index < -0.39 is 20.0 Å². The molecule has 0 saturated heterocycles. The minimum absolute atomic E-state index is 0.212. The molecular weight excluding hydrogens is 753 g/mol. The highest BCUT2D eigenvalue weighted by Crippen LogP contribution is 2.34. The number of nitrogens with one attached hydrogen (secondary N) is 1. The summed E-state index contributed by atoms with van der Waals surface area (Å²) in [5.74, 6) is 2.00.